The number of hydrogen-bond acceptors (Lipinski definition) is 9. The lowest BCUT2D eigenvalue weighted by Gasteiger charge is -2.42. The maximum Gasteiger partial charge on any atom is 0.318 e. The fourth-order valence-electron chi connectivity index (χ4n) is 7.23. The monoisotopic (exact) mass is 665 g/mol. The highest BCUT2D eigenvalue weighted by Gasteiger charge is 2.34. The number of carbonyl (C=O) groups excluding carboxylic acids is 1. The number of likely N-dealkylation sites (tertiary alicyclic amines) is 1. The van der Waals surface area contributed by atoms with E-state index in [0.717, 1.165) is 76.5 Å². The van der Waals surface area contributed by atoms with Gasteiger partial charge >= 0.3 is 6.01 Å². The molecular weight excluding hydrogens is 626 g/mol. The lowest BCUT2D eigenvalue weighted by molar-refractivity contribution is -0.128. The zero-order valence-electron chi connectivity index (χ0n) is 27.4. The molecule has 0 N–H and O–H groups in total. The Kier molecular flexibility index (Phi) is 9.19. The summed E-state index contributed by atoms with van der Waals surface area (Å²) < 4.78 is 8.03. The lowest BCUT2D eigenvalue weighted by atomic mass is 10.0. The van der Waals surface area contributed by atoms with E-state index in [0.29, 0.717) is 44.8 Å². The maximum atomic E-state index is 13.3. The summed E-state index contributed by atoms with van der Waals surface area (Å²) in [5.41, 5.74) is 3.96. The molecule has 2 atom stereocenters. The highest BCUT2D eigenvalue weighted by atomic mass is 35.5. The Morgan fingerprint density at radius 3 is 2.71 bits per heavy atom. The number of piperazine rings is 1. The van der Waals surface area contributed by atoms with E-state index in [4.69, 9.17) is 26.3 Å². The molecule has 5 heterocycles. The standard InChI is InChI=1S/C36H40ClN9O2/c1-42-16-5-8-28(42)24-48-36-40-31-23-44(32-10-4-7-26-6-3-9-30(37)34(26)32)17-14-29(31)35(41-36)45-18-19-46(27(22-45)13-15-38)33(47)12-11-25-20-39-43(2)21-25/h3-4,6-7,9-12,20-21,27-28H,5,8,13-14,16-19,22-24H2,1-2H3/b12-11+/t27-,28-/m0/s1. The average Bonchev–Trinajstić information content (AvgIpc) is 3.72. The fourth-order valence-corrected chi connectivity index (χ4v) is 7.51. The molecule has 0 saturated carbocycles. The summed E-state index contributed by atoms with van der Waals surface area (Å²) in [5.74, 6) is 0.726. The Hall–Kier alpha value is -4.66. The SMILES string of the molecule is CN1CCC[C@H]1COc1nc2c(c(N3CCN(C(=O)/C=C/c4cnn(C)c4)[C@@H](CC#N)C3)n1)CCN(c1cccc3cccc(Cl)c13)C2. The van der Waals surface area contributed by atoms with Crippen molar-refractivity contribution in [2.45, 2.75) is 44.3 Å². The number of anilines is 2. The van der Waals surface area contributed by atoms with Crippen LogP contribution in [0.3, 0.4) is 0 Å². The molecule has 0 unspecified atom stereocenters. The summed E-state index contributed by atoms with van der Waals surface area (Å²) in [4.78, 5) is 32.1. The lowest BCUT2D eigenvalue weighted by Crippen LogP contribution is -2.55. The molecule has 0 spiro atoms. The van der Waals surface area contributed by atoms with Crippen molar-refractivity contribution in [1.82, 2.24) is 29.5 Å². The smallest absolute Gasteiger partial charge is 0.318 e. The third-order valence-electron chi connectivity index (χ3n) is 9.81. The second kappa shape index (κ2) is 13.8. The largest absolute Gasteiger partial charge is 0.462 e. The Morgan fingerprint density at radius 1 is 1.08 bits per heavy atom. The van der Waals surface area contributed by atoms with Gasteiger partial charge in [-0.2, -0.15) is 20.3 Å². The summed E-state index contributed by atoms with van der Waals surface area (Å²) in [6.07, 6.45) is 10.1. The van der Waals surface area contributed by atoms with Crippen molar-refractivity contribution in [2.75, 3.05) is 56.2 Å². The number of hydrogen-bond donors (Lipinski definition) is 0. The zero-order valence-corrected chi connectivity index (χ0v) is 28.2. The number of nitriles is 1. The van der Waals surface area contributed by atoms with Crippen molar-refractivity contribution in [3.8, 4) is 12.1 Å². The van der Waals surface area contributed by atoms with Gasteiger partial charge in [0.1, 0.15) is 12.4 Å². The Bertz CT molecular complexity index is 1880. The quantitative estimate of drug-likeness (QED) is 0.248. The van der Waals surface area contributed by atoms with E-state index in [1.165, 1.54) is 0 Å². The number of aromatic nitrogens is 4. The molecular formula is C36H40ClN9O2. The number of aryl methyl sites for hydroxylation is 1. The molecule has 0 radical (unpaired) electrons. The Balaban J connectivity index is 1.17. The van der Waals surface area contributed by atoms with Crippen LogP contribution in [-0.4, -0.2) is 93.9 Å². The van der Waals surface area contributed by atoms with Crippen molar-refractivity contribution < 1.29 is 9.53 Å². The van der Waals surface area contributed by atoms with Gasteiger partial charge in [0.25, 0.3) is 0 Å². The number of benzene rings is 2. The predicted octanol–water partition coefficient (Wildman–Crippen LogP) is 4.70. The second-order valence-electron chi connectivity index (χ2n) is 12.9. The molecule has 3 aliphatic heterocycles. The second-order valence-corrected chi connectivity index (χ2v) is 13.3. The minimum atomic E-state index is -0.283. The number of rotatable bonds is 8. The zero-order chi connectivity index (χ0) is 33.2. The molecule has 0 aliphatic carbocycles. The summed E-state index contributed by atoms with van der Waals surface area (Å²) >= 11 is 6.73. The highest BCUT2D eigenvalue weighted by Crippen LogP contribution is 2.37. The van der Waals surface area contributed by atoms with Gasteiger partial charge in [0, 0.05) is 73.7 Å². The van der Waals surface area contributed by atoms with Crippen LogP contribution in [0.15, 0.2) is 54.9 Å². The van der Waals surface area contributed by atoms with Gasteiger partial charge in [-0.05, 0) is 56.4 Å². The first kappa shape index (κ1) is 31.9. The third-order valence-corrected chi connectivity index (χ3v) is 10.1. The fraction of sp³-hybridized carbons (Fsp3) is 0.417. The minimum Gasteiger partial charge on any atom is -0.462 e. The maximum absolute atomic E-state index is 13.3. The van der Waals surface area contributed by atoms with Crippen molar-refractivity contribution in [3.05, 3.63) is 76.7 Å². The predicted molar refractivity (Wildman–Crippen MR) is 187 cm³/mol. The Morgan fingerprint density at radius 2 is 1.94 bits per heavy atom. The van der Waals surface area contributed by atoms with E-state index in [1.807, 2.05) is 25.4 Å². The number of nitrogens with zero attached hydrogens (tertiary/aromatic N) is 9. The number of amides is 1. The minimum absolute atomic E-state index is 0.113. The van der Waals surface area contributed by atoms with Crippen LogP contribution in [0.4, 0.5) is 11.5 Å². The molecule has 7 rings (SSSR count). The molecule has 3 aliphatic rings. The van der Waals surface area contributed by atoms with Crippen molar-refractivity contribution in [3.63, 3.8) is 0 Å². The van der Waals surface area contributed by atoms with Crippen molar-refractivity contribution >= 4 is 45.9 Å². The van der Waals surface area contributed by atoms with Gasteiger partial charge in [0.05, 0.1) is 42.0 Å². The third kappa shape index (κ3) is 6.55. The number of likely N-dealkylation sites (N-methyl/N-ethyl adjacent to an activating group) is 1. The van der Waals surface area contributed by atoms with Crippen LogP contribution >= 0.6 is 11.6 Å². The summed E-state index contributed by atoms with van der Waals surface area (Å²) in [7, 11) is 3.98. The normalized spacial score (nSPS) is 20.0. The first-order valence-electron chi connectivity index (χ1n) is 16.6. The molecule has 12 heteroatoms. The van der Waals surface area contributed by atoms with E-state index in [2.05, 4.69) is 57.2 Å². The average molecular weight is 666 g/mol. The first-order valence-corrected chi connectivity index (χ1v) is 17.0. The van der Waals surface area contributed by atoms with Gasteiger partial charge in [-0.3, -0.25) is 9.48 Å². The van der Waals surface area contributed by atoms with Gasteiger partial charge in [0.15, 0.2) is 0 Å². The molecule has 2 saturated heterocycles. The number of fused-ring (bicyclic) bond motifs is 2. The molecule has 48 heavy (non-hydrogen) atoms. The van der Waals surface area contributed by atoms with Crippen LogP contribution in [0.5, 0.6) is 6.01 Å². The van der Waals surface area contributed by atoms with Gasteiger partial charge in [0.2, 0.25) is 5.91 Å². The van der Waals surface area contributed by atoms with E-state index >= 15 is 0 Å². The molecule has 11 nitrogen and oxygen atoms in total. The van der Waals surface area contributed by atoms with Gasteiger partial charge in [-0.1, -0.05) is 35.9 Å². The van der Waals surface area contributed by atoms with Crippen molar-refractivity contribution in [2.24, 2.45) is 7.05 Å². The highest BCUT2D eigenvalue weighted by molar-refractivity contribution is 6.36. The van der Waals surface area contributed by atoms with Crippen LogP contribution in [0.1, 0.15) is 36.1 Å². The molecule has 248 valence electrons. The van der Waals surface area contributed by atoms with Crippen LogP contribution in [0.2, 0.25) is 5.02 Å². The molecule has 1 amide bonds. The van der Waals surface area contributed by atoms with Crippen LogP contribution < -0.4 is 14.5 Å². The number of halogens is 1. The van der Waals surface area contributed by atoms with Crippen molar-refractivity contribution in [1.29, 1.82) is 5.26 Å². The first-order chi connectivity index (χ1) is 23.4. The van der Waals surface area contributed by atoms with E-state index in [9.17, 15) is 10.1 Å². The number of carbonyl (C=O) groups is 1. The molecule has 2 fully saturated rings. The summed E-state index contributed by atoms with van der Waals surface area (Å²) in [5, 5.41) is 16.8. The molecule has 2 aromatic carbocycles. The van der Waals surface area contributed by atoms with E-state index in [-0.39, 0.29) is 18.4 Å². The van der Waals surface area contributed by atoms with Gasteiger partial charge in [-0.25, -0.2) is 0 Å². The molecule has 4 aromatic rings. The van der Waals surface area contributed by atoms with Crippen LogP contribution in [-0.2, 0) is 24.8 Å². The molecule has 0 bridgehead atoms. The van der Waals surface area contributed by atoms with E-state index in [1.54, 1.807) is 27.9 Å². The summed E-state index contributed by atoms with van der Waals surface area (Å²) in [6, 6.07) is 15.0. The Labute approximate surface area is 286 Å². The topological polar surface area (TPSA) is 107 Å². The summed E-state index contributed by atoms with van der Waals surface area (Å²) in [6.45, 7) is 4.52. The molecule has 2 aromatic heterocycles. The van der Waals surface area contributed by atoms with Crippen LogP contribution in [0.25, 0.3) is 16.8 Å². The van der Waals surface area contributed by atoms with E-state index < -0.39 is 0 Å². The van der Waals surface area contributed by atoms with Gasteiger partial charge < -0.3 is 24.3 Å². The van der Waals surface area contributed by atoms with Crippen LogP contribution in [0, 0.1) is 11.3 Å². The number of ether oxygens (including phenoxy) is 1. The van der Waals surface area contributed by atoms with Gasteiger partial charge in [-0.15, -0.1) is 0 Å².